The Kier molecular flexibility index (Phi) is 4.17. The Morgan fingerprint density at radius 1 is 1.42 bits per heavy atom. The van der Waals surface area contributed by atoms with Crippen LogP contribution < -0.4 is 0 Å². The molecule has 0 amide bonds. The highest BCUT2D eigenvalue weighted by Crippen LogP contribution is 2.15. The molecular weight excluding hydrogens is 240 g/mol. The first kappa shape index (κ1) is 13.1. The van der Waals surface area contributed by atoms with E-state index < -0.39 is 0 Å². The van der Waals surface area contributed by atoms with E-state index in [0.29, 0.717) is 17.7 Å². The van der Waals surface area contributed by atoms with Crippen LogP contribution in [0.15, 0.2) is 48.1 Å². The zero-order valence-electron chi connectivity index (χ0n) is 10.6. The van der Waals surface area contributed by atoms with Crippen LogP contribution in [0, 0.1) is 11.8 Å². The molecule has 0 spiro atoms. The third-order valence-corrected chi connectivity index (χ3v) is 2.65. The summed E-state index contributed by atoms with van der Waals surface area (Å²) < 4.78 is 5.36. The van der Waals surface area contributed by atoms with Gasteiger partial charge in [0.25, 0.3) is 0 Å². The van der Waals surface area contributed by atoms with Crippen LogP contribution in [0.5, 0.6) is 5.75 Å². The first-order valence-corrected chi connectivity index (χ1v) is 6.06. The van der Waals surface area contributed by atoms with E-state index in [1.807, 2.05) is 13.0 Å². The summed E-state index contributed by atoms with van der Waals surface area (Å²) in [7, 11) is 0. The lowest BCUT2D eigenvalue weighted by Crippen LogP contribution is -2.04. The van der Waals surface area contributed by atoms with Gasteiger partial charge in [-0.3, -0.25) is 4.79 Å². The molecule has 2 rings (SSSR count). The number of phenols is 1. The molecule has 0 radical (unpaired) electrons. The molecule has 0 fully saturated rings. The molecule has 1 N–H and O–H groups in total. The monoisotopic (exact) mass is 254 g/mol. The number of carbonyl (C=O) groups excluding carboxylic acids is 1. The molecule has 96 valence electrons. The van der Waals surface area contributed by atoms with Crippen molar-refractivity contribution in [2.75, 3.05) is 6.61 Å². The zero-order chi connectivity index (χ0) is 13.7. The van der Waals surface area contributed by atoms with Crippen LogP contribution in [0.25, 0.3) is 0 Å². The molecule has 0 saturated heterocycles. The van der Waals surface area contributed by atoms with Crippen LogP contribution in [0.4, 0.5) is 0 Å². The van der Waals surface area contributed by atoms with Gasteiger partial charge in [0.05, 0.1) is 11.7 Å². The zero-order valence-corrected chi connectivity index (χ0v) is 10.6. The second kappa shape index (κ2) is 6.03. The Balaban J connectivity index is 2.10. The van der Waals surface area contributed by atoms with Crippen molar-refractivity contribution in [3.8, 4) is 17.6 Å². The van der Waals surface area contributed by atoms with Gasteiger partial charge in [0.2, 0.25) is 5.78 Å². The van der Waals surface area contributed by atoms with Gasteiger partial charge >= 0.3 is 0 Å². The lowest BCUT2D eigenvalue weighted by molar-refractivity contribution is -0.110. The van der Waals surface area contributed by atoms with E-state index in [-0.39, 0.29) is 17.6 Å². The van der Waals surface area contributed by atoms with Crippen molar-refractivity contribution in [3.05, 3.63) is 53.6 Å². The summed E-state index contributed by atoms with van der Waals surface area (Å²) in [5, 5.41) is 9.54. The van der Waals surface area contributed by atoms with Crippen molar-refractivity contribution < 1.29 is 14.6 Å². The fourth-order valence-electron chi connectivity index (χ4n) is 1.71. The molecule has 1 aromatic carbocycles. The minimum atomic E-state index is -0.276. The summed E-state index contributed by atoms with van der Waals surface area (Å²) in [6.07, 6.45) is 5.13. The predicted octanol–water partition coefficient (Wildman–Crippen LogP) is 2.21. The summed E-state index contributed by atoms with van der Waals surface area (Å²) >= 11 is 0. The Bertz CT molecular complexity index is 600. The van der Waals surface area contributed by atoms with Gasteiger partial charge < -0.3 is 9.84 Å². The third kappa shape index (κ3) is 3.34. The smallest absolute Gasteiger partial charge is 0.236 e. The predicted molar refractivity (Wildman–Crippen MR) is 72.6 cm³/mol. The molecule has 1 unspecified atom stereocenters. The van der Waals surface area contributed by atoms with Crippen molar-refractivity contribution in [2.24, 2.45) is 0 Å². The fourth-order valence-corrected chi connectivity index (χ4v) is 1.71. The van der Waals surface area contributed by atoms with E-state index in [0.717, 1.165) is 0 Å². The highest BCUT2D eigenvalue weighted by molar-refractivity contribution is 6.11. The van der Waals surface area contributed by atoms with Gasteiger partial charge in [0.1, 0.15) is 5.75 Å². The number of ether oxygens (including phenoxy) is 1. The standard InChI is InChI=1S/C16H14O3/c1-2-19-14-9-7-13(11-14)16(18)10-8-12-5-3-4-6-15(12)17/h3-7,9,11,14,17H,2H2,1H3. The maximum atomic E-state index is 11.8. The lowest BCUT2D eigenvalue weighted by atomic mass is 10.1. The van der Waals surface area contributed by atoms with E-state index in [4.69, 9.17) is 4.74 Å². The molecule has 0 heterocycles. The second-order valence-electron chi connectivity index (χ2n) is 4.00. The maximum absolute atomic E-state index is 11.8. The van der Waals surface area contributed by atoms with E-state index in [2.05, 4.69) is 11.8 Å². The molecule has 19 heavy (non-hydrogen) atoms. The highest BCUT2D eigenvalue weighted by atomic mass is 16.5. The summed E-state index contributed by atoms with van der Waals surface area (Å²) in [5.41, 5.74) is 0.973. The summed E-state index contributed by atoms with van der Waals surface area (Å²) in [5.74, 6) is 4.99. The minimum Gasteiger partial charge on any atom is -0.507 e. The van der Waals surface area contributed by atoms with Crippen LogP contribution in [0.2, 0.25) is 0 Å². The second-order valence-corrected chi connectivity index (χ2v) is 4.00. The average Bonchev–Trinajstić information content (AvgIpc) is 2.87. The van der Waals surface area contributed by atoms with Crippen LogP contribution in [0.1, 0.15) is 12.5 Å². The topological polar surface area (TPSA) is 46.5 Å². The number of Topliss-reactive ketones (excluding diaryl/α,β-unsaturated/α-hetero) is 1. The Morgan fingerprint density at radius 3 is 2.95 bits per heavy atom. The number of aromatic hydroxyl groups is 1. The van der Waals surface area contributed by atoms with Crippen molar-refractivity contribution in [3.63, 3.8) is 0 Å². The molecule has 1 aliphatic rings. The molecule has 1 aromatic rings. The van der Waals surface area contributed by atoms with Crippen molar-refractivity contribution in [2.45, 2.75) is 13.0 Å². The van der Waals surface area contributed by atoms with Crippen LogP contribution in [0.3, 0.4) is 0 Å². The molecule has 0 aliphatic heterocycles. The molecule has 1 aliphatic carbocycles. The fraction of sp³-hybridized carbons (Fsp3) is 0.188. The number of benzene rings is 1. The molecule has 0 aromatic heterocycles. The number of phenolic OH excluding ortho intramolecular Hbond substituents is 1. The van der Waals surface area contributed by atoms with Gasteiger partial charge in [-0.05, 0) is 31.1 Å². The Hall–Kier alpha value is -2.31. The van der Waals surface area contributed by atoms with E-state index in [1.165, 1.54) is 6.07 Å². The number of rotatable bonds is 3. The maximum Gasteiger partial charge on any atom is 0.236 e. The molecular formula is C16H14O3. The normalized spacial score (nSPS) is 16.7. The summed E-state index contributed by atoms with van der Waals surface area (Å²) in [4.78, 5) is 11.8. The van der Waals surface area contributed by atoms with Gasteiger partial charge in [-0.2, -0.15) is 0 Å². The minimum absolute atomic E-state index is 0.0749. The molecule has 0 saturated carbocycles. The van der Waals surface area contributed by atoms with Crippen molar-refractivity contribution in [1.82, 2.24) is 0 Å². The number of para-hydroxylation sites is 1. The number of allylic oxidation sites excluding steroid dienone is 2. The van der Waals surface area contributed by atoms with Crippen molar-refractivity contribution in [1.29, 1.82) is 0 Å². The largest absolute Gasteiger partial charge is 0.507 e. The van der Waals surface area contributed by atoms with Crippen molar-refractivity contribution >= 4 is 5.78 Å². The molecule has 0 bridgehead atoms. The van der Waals surface area contributed by atoms with E-state index in [1.54, 1.807) is 30.4 Å². The third-order valence-electron chi connectivity index (χ3n) is 2.65. The number of hydrogen-bond donors (Lipinski definition) is 1. The summed E-state index contributed by atoms with van der Waals surface area (Å²) in [6.45, 7) is 2.50. The first-order chi connectivity index (χ1) is 9.20. The molecule has 1 atom stereocenters. The van der Waals surface area contributed by atoms with Crippen LogP contribution in [-0.4, -0.2) is 23.6 Å². The Morgan fingerprint density at radius 2 is 2.21 bits per heavy atom. The quantitative estimate of drug-likeness (QED) is 0.841. The number of hydrogen-bond acceptors (Lipinski definition) is 3. The SMILES string of the molecule is CCOC1C=CC(C(=O)C#Cc2ccccc2O)=C1. The average molecular weight is 254 g/mol. The highest BCUT2D eigenvalue weighted by Gasteiger charge is 2.13. The Labute approximate surface area is 112 Å². The van der Waals surface area contributed by atoms with Gasteiger partial charge in [0.15, 0.2) is 0 Å². The van der Waals surface area contributed by atoms with Gasteiger partial charge in [-0.1, -0.05) is 30.2 Å². The van der Waals surface area contributed by atoms with Gasteiger partial charge in [-0.25, -0.2) is 0 Å². The molecule has 3 nitrogen and oxygen atoms in total. The first-order valence-electron chi connectivity index (χ1n) is 6.06. The van der Waals surface area contributed by atoms with Gasteiger partial charge in [-0.15, -0.1) is 0 Å². The van der Waals surface area contributed by atoms with Gasteiger partial charge in [0, 0.05) is 12.2 Å². The number of ketones is 1. The van der Waals surface area contributed by atoms with E-state index in [9.17, 15) is 9.90 Å². The van der Waals surface area contributed by atoms with Crippen LogP contribution >= 0.6 is 0 Å². The number of carbonyl (C=O) groups is 1. The lowest BCUT2D eigenvalue weighted by Gasteiger charge is -2.02. The van der Waals surface area contributed by atoms with Crippen LogP contribution in [-0.2, 0) is 9.53 Å². The summed E-state index contributed by atoms with van der Waals surface area (Å²) in [6, 6.07) is 6.66. The molecule has 3 heteroatoms. The van der Waals surface area contributed by atoms with E-state index >= 15 is 0 Å².